The number of imidazole rings is 1. The molecule has 1 saturated heterocycles. The van der Waals surface area contributed by atoms with E-state index in [1.165, 1.54) is 17.4 Å². The molecule has 1 aromatic carbocycles. The number of aliphatic imine (C=N–C) groups is 1. The maximum absolute atomic E-state index is 14.1. The second kappa shape index (κ2) is 29.2. The van der Waals surface area contributed by atoms with Crippen molar-refractivity contribution in [1.82, 2.24) is 46.8 Å². The normalized spacial score (nSPS) is 16.1. The topological polar surface area (TPSA) is 432 Å². The molecule has 1 aliphatic rings. The van der Waals surface area contributed by atoms with Crippen LogP contribution in [0.2, 0.25) is 0 Å². The molecular weight excluding hydrogens is 957 g/mol. The standard InChI is InChI=1S/C42H62N14O12S2/c43-24(10-13-33(58)59)34(60)50-25(8-4-14-48-42(45)46)35(61)55-30(20-70)40(66)56-15-5-9-31(56)39(65)54-29(19-69)38(64)52-27(16-22-6-2-1-3-7-22)36(62)53-28(17-23-18-47-21-49-23)37(63)51-26(41(67)68)11-12-32(44)57/h1-3,6-7,18,21,24-31,69-70H,4-5,8-17,19-20,43H2,(H2,44,57)(H,47,49)(H,50,60)(H,51,63)(H,52,64)(H,53,62)(H,54,65)(H,55,61)(H,58,59)(H,67,68)(H4,45,46,48)/t24-,25-,26-,27-,28-,29-,30-,31-/m0/s1. The highest BCUT2D eigenvalue weighted by molar-refractivity contribution is 7.80. The number of benzene rings is 1. The summed E-state index contributed by atoms with van der Waals surface area (Å²) in [6.45, 7) is 0.166. The van der Waals surface area contributed by atoms with Gasteiger partial charge in [0, 0.05) is 62.2 Å². The smallest absolute Gasteiger partial charge is 0.326 e. The number of H-pyrrole nitrogens is 1. The predicted molar refractivity (Wildman–Crippen MR) is 257 cm³/mol. The monoisotopic (exact) mass is 1020 g/mol. The molecule has 0 radical (unpaired) electrons. The molecule has 8 amide bonds. The Hall–Kier alpha value is -6.94. The summed E-state index contributed by atoms with van der Waals surface area (Å²) in [5.74, 6) is -9.88. The molecular formula is C42H62N14O12S2. The van der Waals surface area contributed by atoms with Crippen LogP contribution in [0.5, 0.6) is 0 Å². The number of amides is 8. The van der Waals surface area contributed by atoms with Gasteiger partial charge in [0.15, 0.2) is 5.96 Å². The lowest BCUT2D eigenvalue weighted by Crippen LogP contribution is -2.60. The number of rotatable bonds is 30. The number of carboxylic acids is 2. The van der Waals surface area contributed by atoms with Crippen molar-refractivity contribution in [2.75, 3.05) is 24.6 Å². The van der Waals surface area contributed by atoms with Crippen LogP contribution in [0.1, 0.15) is 62.6 Å². The Labute approximate surface area is 413 Å². The van der Waals surface area contributed by atoms with Crippen molar-refractivity contribution in [2.24, 2.45) is 27.9 Å². The number of hydrogen-bond acceptors (Lipinski definition) is 15. The minimum Gasteiger partial charge on any atom is -0.481 e. The summed E-state index contributed by atoms with van der Waals surface area (Å²) in [5.41, 5.74) is 22.8. The highest BCUT2D eigenvalue weighted by Crippen LogP contribution is 2.20. The molecule has 26 nitrogen and oxygen atoms in total. The molecule has 0 aliphatic carbocycles. The molecule has 28 heteroatoms. The number of thiol groups is 2. The van der Waals surface area contributed by atoms with Gasteiger partial charge in [0.2, 0.25) is 47.3 Å². The zero-order chi connectivity index (χ0) is 51.9. The van der Waals surface area contributed by atoms with Crippen LogP contribution in [0.25, 0.3) is 0 Å². The van der Waals surface area contributed by atoms with Crippen LogP contribution in [0, 0.1) is 0 Å². The first-order chi connectivity index (χ1) is 33.2. The highest BCUT2D eigenvalue weighted by Gasteiger charge is 2.40. The van der Waals surface area contributed by atoms with Gasteiger partial charge in [-0.1, -0.05) is 30.3 Å². The number of carbonyl (C=O) groups excluding carboxylic acids is 8. The second-order valence-corrected chi connectivity index (χ2v) is 17.0. The number of aliphatic carboxylic acids is 2. The van der Waals surface area contributed by atoms with Crippen LogP contribution < -0.4 is 54.8 Å². The number of guanidine groups is 1. The SMILES string of the molecule is NC(=O)CC[C@H](NC(=O)[C@H](Cc1cnc[nH]1)NC(=O)[C@H](Cc1ccccc1)NC(=O)[C@H](CS)NC(=O)[C@@H]1CCCN1C(=O)[C@H](CS)NC(=O)[C@H](CCCN=C(N)N)NC(=O)[C@@H](N)CCC(=O)O)C(=O)O. The van der Waals surface area contributed by atoms with E-state index in [1.807, 2.05) is 0 Å². The molecule has 0 bridgehead atoms. The molecule has 1 aromatic heterocycles. The zero-order valence-electron chi connectivity index (χ0n) is 38.1. The number of nitrogens with zero attached hydrogens (tertiary/aromatic N) is 3. The number of carbonyl (C=O) groups is 10. The second-order valence-electron chi connectivity index (χ2n) is 16.2. The molecule has 0 saturated carbocycles. The summed E-state index contributed by atoms with van der Waals surface area (Å²) in [4.78, 5) is 142. The van der Waals surface area contributed by atoms with Crippen molar-refractivity contribution < 1.29 is 58.2 Å². The first-order valence-corrected chi connectivity index (χ1v) is 23.4. The lowest BCUT2D eigenvalue weighted by molar-refractivity contribution is -0.143. The van der Waals surface area contributed by atoms with Gasteiger partial charge in [-0.05, 0) is 44.1 Å². The van der Waals surface area contributed by atoms with Gasteiger partial charge >= 0.3 is 11.9 Å². The lowest BCUT2D eigenvalue weighted by atomic mass is 10.0. The van der Waals surface area contributed by atoms with Crippen molar-refractivity contribution in [3.05, 3.63) is 54.1 Å². The fourth-order valence-electron chi connectivity index (χ4n) is 7.13. The number of nitrogens with two attached hydrogens (primary N) is 4. The van der Waals surface area contributed by atoms with Crippen molar-refractivity contribution in [3.8, 4) is 0 Å². The molecule has 0 spiro atoms. The number of aromatic amines is 1. The molecule has 8 atom stereocenters. The number of hydrogen-bond donors (Lipinski definition) is 15. The Morgan fingerprint density at radius 3 is 1.89 bits per heavy atom. The number of likely N-dealkylation sites (tertiary alicyclic amines) is 1. The number of nitrogens with one attached hydrogen (secondary N) is 7. The van der Waals surface area contributed by atoms with E-state index in [2.05, 4.69) is 72.1 Å². The summed E-state index contributed by atoms with van der Waals surface area (Å²) in [7, 11) is 0. The third-order valence-corrected chi connectivity index (χ3v) is 11.6. The Morgan fingerprint density at radius 2 is 1.31 bits per heavy atom. The van der Waals surface area contributed by atoms with Crippen LogP contribution in [0.15, 0.2) is 47.8 Å². The van der Waals surface area contributed by atoms with Gasteiger partial charge in [-0.3, -0.25) is 48.1 Å². The molecule has 17 N–H and O–H groups in total. The number of aromatic nitrogens is 2. The molecule has 1 aliphatic heterocycles. The minimum absolute atomic E-state index is 0.0166. The van der Waals surface area contributed by atoms with Crippen LogP contribution in [-0.2, 0) is 60.8 Å². The molecule has 70 heavy (non-hydrogen) atoms. The Bertz CT molecular complexity index is 2170. The van der Waals surface area contributed by atoms with Gasteiger partial charge in [0.05, 0.1) is 12.4 Å². The van der Waals surface area contributed by atoms with Crippen molar-refractivity contribution in [3.63, 3.8) is 0 Å². The third kappa shape index (κ3) is 19.2. The van der Waals surface area contributed by atoms with Crippen LogP contribution >= 0.6 is 25.3 Å². The first-order valence-electron chi connectivity index (χ1n) is 22.1. The maximum Gasteiger partial charge on any atom is 0.326 e. The van der Waals surface area contributed by atoms with E-state index in [0.29, 0.717) is 17.7 Å². The van der Waals surface area contributed by atoms with Gasteiger partial charge in [-0.15, -0.1) is 0 Å². The average molecular weight is 1020 g/mol. The highest BCUT2D eigenvalue weighted by atomic mass is 32.1. The molecule has 2 aromatic rings. The van der Waals surface area contributed by atoms with Crippen molar-refractivity contribution >= 4 is 90.4 Å². The van der Waals surface area contributed by atoms with Crippen molar-refractivity contribution in [1.29, 1.82) is 0 Å². The fraction of sp³-hybridized carbons (Fsp3) is 0.524. The minimum atomic E-state index is -1.54. The van der Waals surface area contributed by atoms with E-state index in [1.54, 1.807) is 30.3 Å². The van der Waals surface area contributed by atoms with Gasteiger partial charge < -0.3 is 74.9 Å². The number of primary amides is 1. The summed E-state index contributed by atoms with van der Waals surface area (Å²) < 4.78 is 0. The predicted octanol–water partition coefficient (Wildman–Crippen LogP) is -4.45. The maximum atomic E-state index is 14.1. The summed E-state index contributed by atoms with van der Waals surface area (Å²) >= 11 is 8.55. The Morgan fingerprint density at radius 1 is 0.729 bits per heavy atom. The summed E-state index contributed by atoms with van der Waals surface area (Å²) in [5, 5.41) is 33.9. The van der Waals surface area contributed by atoms with Gasteiger partial charge in [-0.25, -0.2) is 9.78 Å². The molecule has 384 valence electrons. The van der Waals surface area contributed by atoms with E-state index in [9.17, 15) is 53.1 Å². The van der Waals surface area contributed by atoms with Gasteiger partial charge in [0.25, 0.3) is 0 Å². The fourth-order valence-corrected chi connectivity index (χ4v) is 7.63. The van der Waals surface area contributed by atoms with Crippen LogP contribution in [0.4, 0.5) is 0 Å². The number of carboxylic acid groups (broad SMARTS) is 2. The van der Waals surface area contributed by atoms with Crippen molar-refractivity contribution in [2.45, 2.75) is 113 Å². The van der Waals surface area contributed by atoms with E-state index in [4.69, 9.17) is 28.0 Å². The average Bonchev–Trinajstić information content (AvgIpc) is 4.04. The van der Waals surface area contributed by atoms with E-state index < -0.39 is 114 Å². The lowest BCUT2D eigenvalue weighted by Gasteiger charge is -2.30. The van der Waals surface area contributed by atoms with E-state index in [-0.39, 0.29) is 81.9 Å². The molecule has 2 heterocycles. The summed E-state index contributed by atoms with van der Waals surface area (Å²) in [6.07, 6.45) is 1.81. The first kappa shape index (κ1) is 57.4. The van der Waals surface area contributed by atoms with E-state index >= 15 is 0 Å². The van der Waals surface area contributed by atoms with Crippen LogP contribution in [0.3, 0.4) is 0 Å². The van der Waals surface area contributed by atoms with Gasteiger partial charge in [0.1, 0.15) is 42.3 Å². The quantitative estimate of drug-likeness (QED) is 0.0152. The molecule has 3 rings (SSSR count). The molecule has 0 unspecified atom stereocenters. The largest absolute Gasteiger partial charge is 0.481 e. The van der Waals surface area contributed by atoms with E-state index in [0.717, 1.165) is 0 Å². The van der Waals surface area contributed by atoms with Gasteiger partial charge in [-0.2, -0.15) is 25.3 Å². The van der Waals surface area contributed by atoms with Crippen LogP contribution in [-0.4, -0.2) is 163 Å². The molecule has 1 fully saturated rings. The Balaban J connectivity index is 1.78. The summed E-state index contributed by atoms with van der Waals surface area (Å²) in [6, 6.07) is -2.20. The Kier molecular flexibility index (Phi) is 23.9. The zero-order valence-corrected chi connectivity index (χ0v) is 39.9. The third-order valence-electron chi connectivity index (χ3n) is 10.9.